The lowest BCUT2D eigenvalue weighted by molar-refractivity contribution is -0.113. The summed E-state index contributed by atoms with van der Waals surface area (Å²) in [5.41, 5.74) is 4.41. The number of aryl methyl sites for hydroxylation is 2. The Bertz CT molecular complexity index is 685. The van der Waals surface area contributed by atoms with Crippen molar-refractivity contribution in [3.8, 4) is 0 Å². The van der Waals surface area contributed by atoms with Crippen LogP contribution in [0.1, 0.15) is 23.1 Å². The Morgan fingerprint density at radius 1 is 1.14 bits per heavy atom. The molecule has 0 saturated heterocycles. The molecule has 0 unspecified atom stereocenters. The number of fused-ring (bicyclic) bond motifs is 1. The number of benzene rings is 2. The molecule has 0 heterocycles. The maximum Gasteiger partial charge on any atom is 0.234 e. The Labute approximate surface area is 134 Å². The zero-order chi connectivity index (χ0) is 15.4. The molecule has 22 heavy (non-hydrogen) atoms. The van der Waals surface area contributed by atoms with E-state index in [1.54, 1.807) is 17.8 Å². The van der Waals surface area contributed by atoms with Gasteiger partial charge in [-0.25, -0.2) is 0 Å². The predicted octanol–water partition coefficient (Wildman–Crippen LogP) is 3.40. The molecule has 2 N–H and O–H groups in total. The zero-order valence-electron chi connectivity index (χ0n) is 12.3. The molecule has 114 valence electrons. The van der Waals surface area contributed by atoms with E-state index in [0.717, 1.165) is 22.6 Å². The normalized spacial score (nSPS) is 13.0. The van der Waals surface area contributed by atoms with Crippen LogP contribution >= 0.6 is 11.8 Å². The number of rotatable bonds is 5. The van der Waals surface area contributed by atoms with Gasteiger partial charge in [0.05, 0.1) is 12.4 Å². The standard InChI is InChI=1S/C18H19NO2S/c20-11-13-3-1-6-16(9-13)19-18(21)12-22-17-8-7-14-4-2-5-15(14)10-17/h1,3,6-10,20H,2,4-5,11-12H2,(H,19,21). The first-order valence-electron chi connectivity index (χ1n) is 7.49. The van der Waals surface area contributed by atoms with E-state index >= 15 is 0 Å². The van der Waals surface area contributed by atoms with Gasteiger partial charge in [0.1, 0.15) is 0 Å². The fraction of sp³-hybridized carbons (Fsp3) is 0.278. The number of carbonyl (C=O) groups is 1. The summed E-state index contributed by atoms with van der Waals surface area (Å²) >= 11 is 1.56. The number of thioether (sulfide) groups is 1. The van der Waals surface area contributed by atoms with Crippen molar-refractivity contribution in [2.24, 2.45) is 0 Å². The molecule has 0 aliphatic heterocycles. The SMILES string of the molecule is O=C(CSc1ccc2c(c1)CCC2)Nc1cccc(CO)c1. The highest BCUT2D eigenvalue weighted by molar-refractivity contribution is 8.00. The van der Waals surface area contributed by atoms with Crippen molar-refractivity contribution in [3.63, 3.8) is 0 Å². The van der Waals surface area contributed by atoms with Gasteiger partial charge in [0.25, 0.3) is 0 Å². The molecule has 1 aliphatic carbocycles. The van der Waals surface area contributed by atoms with Crippen molar-refractivity contribution in [1.29, 1.82) is 0 Å². The van der Waals surface area contributed by atoms with Crippen LogP contribution in [0.5, 0.6) is 0 Å². The lowest BCUT2D eigenvalue weighted by Gasteiger charge is -2.07. The van der Waals surface area contributed by atoms with Crippen molar-refractivity contribution in [1.82, 2.24) is 0 Å². The molecule has 0 radical (unpaired) electrons. The van der Waals surface area contributed by atoms with Gasteiger partial charge in [0, 0.05) is 10.6 Å². The van der Waals surface area contributed by atoms with Crippen LogP contribution in [0, 0.1) is 0 Å². The van der Waals surface area contributed by atoms with Crippen LogP contribution in [-0.4, -0.2) is 16.8 Å². The molecule has 2 aromatic carbocycles. The average Bonchev–Trinajstić information content (AvgIpc) is 3.00. The molecular formula is C18H19NO2S. The number of amides is 1. The Balaban J connectivity index is 1.56. The predicted molar refractivity (Wildman–Crippen MR) is 90.2 cm³/mol. The monoisotopic (exact) mass is 313 g/mol. The van der Waals surface area contributed by atoms with Gasteiger partial charge in [-0.2, -0.15) is 0 Å². The number of hydrogen-bond donors (Lipinski definition) is 2. The topological polar surface area (TPSA) is 49.3 Å². The van der Waals surface area contributed by atoms with E-state index < -0.39 is 0 Å². The summed E-state index contributed by atoms with van der Waals surface area (Å²) in [6.45, 7) is -0.0203. The molecule has 0 fully saturated rings. The molecule has 1 aliphatic rings. The van der Waals surface area contributed by atoms with Gasteiger partial charge in [-0.3, -0.25) is 4.79 Å². The molecule has 1 amide bonds. The number of aliphatic hydroxyl groups excluding tert-OH is 1. The number of hydrogen-bond acceptors (Lipinski definition) is 3. The first kappa shape index (κ1) is 15.1. The van der Waals surface area contributed by atoms with E-state index in [1.165, 1.54) is 24.0 Å². The lowest BCUT2D eigenvalue weighted by atomic mass is 10.1. The van der Waals surface area contributed by atoms with E-state index in [4.69, 9.17) is 5.11 Å². The maximum atomic E-state index is 12.0. The summed E-state index contributed by atoms with van der Waals surface area (Å²) in [6.07, 6.45) is 3.58. The molecule has 0 aromatic heterocycles. The summed E-state index contributed by atoms with van der Waals surface area (Å²) in [5.74, 6) is 0.364. The summed E-state index contributed by atoms with van der Waals surface area (Å²) in [6, 6.07) is 13.8. The van der Waals surface area contributed by atoms with Crippen LogP contribution in [0.3, 0.4) is 0 Å². The highest BCUT2D eigenvalue weighted by atomic mass is 32.2. The quantitative estimate of drug-likeness (QED) is 0.832. The number of carbonyl (C=O) groups excluding carboxylic acids is 1. The van der Waals surface area contributed by atoms with Crippen LogP contribution in [0.4, 0.5) is 5.69 Å². The molecule has 3 rings (SSSR count). The van der Waals surface area contributed by atoms with Crippen molar-refractivity contribution >= 4 is 23.4 Å². The second-order valence-corrected chi connectivity index (χ2v) is 6.53. The van der Waals surface area contributed by atoms with Crippen molar-refractivity contribution < 1.29 is 9.90 Å². The molecule has 0 atom stereocenters. The first-order chi connectivity index (χ1) is 10.7. The summed E-state index contributed by atoms with van der Waals surface area (Å²) in [4.78, 5) is 13.2. The van der Waals surface area contributed by atoms with Crippen molar-refractivity contribution in [2.45, 2.75) is 30.8 Å². The van der Waals surface area contributed by atoms with E-state index in [9.17, 15) is 4.79 Å². The van der Waals surface area contributed by atoms with Gasteiger partial charge < -0.3 is 10.4 Å². The zero-order valence-corrected chi connectivity index (χ0v) is 13.2. The largest absolute Gasteiger partial charge is 0.392 e. The third-order valence-electron chi connectivity index (χ3n) is 3.83. The smallest absolute Gasteiger partial charge is 0.234 e. The van der Waals surface area contributed by atoms with Gasteiger partial charge in [-0.05, 0) is 60.2 Å². The third kappa shape index (κ3) is 3.70. The average molecular weight is 313 g/mol. The Morgan fingerprint density at radius 3 is 2.86 bits per heavy atom. The van der Waals surface area contributed by atoms with E-state index in [2.05, 4.69) is 23.5 Å². The molecule has 0 saturated carbocycles. The van der Waals surface area contributed by atoms with Gasteiger partial charge in [0.15, 0.2) is 0 Å². The van der Waals surface area contributed by atoms with Gasteiger partial charge in [-0.15, -0.1) is 11.8 Å². The number of aliphatic hydroxyl groups is 1. The Morgan fingerprint density at radius 2 is 2.00 bits per heavy atom. The molecule has 4 heteroatoms. The molecule has 3 nitrogen and oxygen atoms in total. The van der Waals surface area contributed by atoms with Gasteiger partial charge in [-0.1, -0.05) is 18.2 Å². The van der Waals surface area contributed by atoms with Crippen LogP contribution < -0.4 is 5.32 Å². The fourth-order valence-corrected chi connectivity index (χ4v) is 3.49. The minimum absolute atomic E-state index is 0.0203. The molecular weight excluding hydrogens is 294 g/mol. The maximum absolute atomic E-state index is 12.0. The third-order valence-corrected chi connectivity index (χ3v) is 4.83. The Hall–Kier alpha value is -1.78. The summed E-state index contributed by atoms with van der Waals surface area (Å²) in [7, 11) is 0. The van der Waals surface area contributed by atoms with Gasteiger partial charge in [0.2, 0.25) is 5.91 Å². The van der Waals surface area contributed by atoms with Gasteiger partial charge >= 0.3 is 0 Å². The number of nitrogens with one attached hydrogen (secondary N) is 1. The second-order valence-electron chi connectivity index (χ2n) is 5.48. The first-order valence-corrected chi connectivity index (χ1v) is 8.47. The highest BCUT2D eigenvalue weighted by Crippen LogP contribution is 2.27. The molecule has 2 aromatic rings. The van der Waals surface area contributed by atoms with Crippen LogP contribution in [-0.2, 0) is 24.2 Å². The minimum Gasteiger partial charge on any atom is -0.392 e. The van der Waals surface area contributed by atoms with Crippen LogP contribution in [0.2, 0.25) is 0 Å². The van der Waals surface area contributed by atoms with Crippen molar-refractivity contribution in [2.75, 3.05) is 11.1 Å². The lowest BCUT2D eigenvalue weighted by Crippen LogP contribution is -2.14. The molecule has 0 spiro atoms. The second kappa shape index (κ2) is 6.99. The van der Waals surface area contributed by atoms with E-state index in [1.807, 2.05) is 18.2 Å². The number of anilines is 1. The summed E-state index contributed by atoms with van der Waals surface area (Å²) < 4.78 is 0. The fourth-order valence-electron chi connectivity index (χ4n) is 2.73. The Kier molecular flexibility index (Phi) is 4.80. The summed E-state index contributed by atoms with van der Waals surface area (Å²) in [5, 5.41) is 12.0. The van der Waals surface area contributed by atoms with Crippen LogP contribution in [0.25, 0.3) is 0 Å². The van der Waals surface area contributed by atoms with E-state index in [-0.39, 0.29) is 12.5 Å². The van der Waals surface area contributed by atoms with Crippen LogP contribution in [0.15, 0.2) is 47.4 Å². The minimum atomic E-state index is -0.0272. The van der Waals surface area contributed by atoms with E-state index in [0.29, 0.717) is 5.75 Å². The highest BCUT2D eigenvalue weighted by Gasteiger charge is 2.11. The van der Waals surface area contributed by atoms with Crippen molar-refractivity contribution in [3.05, 3.63) is 59.2 Å². The molecule has 0 bridgehead atoms.